The van der Waals surface area contributed by atoms with E-state index in [1.165, 1.54) is 11.1 Å². The molecule has 214 valence electrons. The molecule has 5 nitrogen and oxygen atoms in total. The average molecular weight is 558 g/mol. The van der Waals surface area contributed by atoms with Crippen LogP contribution in [0, 0.1) is 0 Å². The van der Waals surface area contributed by atoms with Gasteiger partial charge in [-0.2, -0.15) is 0 Å². The molecule has 0 aromatic heterocycles. The molecule has 1 aliphatic heterocycles. The molecule has 6 rings (SSSR count). The number of piperazine rings is 1. The Bertz CT molecular complexity index is 1470. The Morgan fingerprint density at radius 3 is 1.81 bits per heavy atom. The summed E-state index contributed by atoms with van der Waals surface area (Å²) in [6, 6.07) is 37.0. The molecule has 0 bridgehead atoms. The van der Waals surface area contributed by atoms with Crippen LogP contribution in [0.25, 0.3) is 11.1 Å². The van der Waals surface area contributed by atoms with Gasteiger partial charge >= 0.3 is 0 Å². The normalized spacial score (nSPS) is 15.6. The maximum atomic E-state index is 14.2. The predicted molar refractivity (Wildman–Crippen MR) is 168 cm³/mol. The highest BCUT2D eigenvalue weighted by molar-refractivity contribution is 6.00. The lowest BCUT2D eigenvalue weighted by atomic mass is 9.73. The largest absolute Gasteiger partial charge is 0.351 e. The smallest absolute Gasteiger partial charge is 0.235 e. The fraction of sp³-hybridized carbons (Fsp3) is 0.297. The molecule has 2 amide bonds. The fourth-order valence-corrected chi connectivity index (χ4v) is 6.71. The van der Waals surface area contributed by atoms with Crippen molar-refractivity contribution in [2.45, 2.75) is 37.6 Å². The van der Waals surface area contributed by atoms with E-state index in [0.29, 0.717) is 13.0 Å². The second kappa shape index (κ2) is 12.7. The molecule has 1 heterocycles. The van der Waals surface area contributed by atoms with Gasteiger partial charge < -0.3 is 10.2 Å². The molecular formula is C37H39N3O2. The standard InChI is InChI=1S/C37H39N3O2/c41-35(27-29-13-3-1-4-14-29)40-25-23-39(24-26-40)22-12-11-21-37(36(42)38-28-30-15-5-2-6-16-30)33-19-9-7-17-31(33)32-18-8-10-20-34(32)37/h1-10,13-20H,11-12,21-28H2,(H,38,42). The molecule has 2 aliphatic rings. The molecule has 1 N–H and O–H groups in total. The minimum Gasteiger partial charge on any atom is -0.351 e. The molecule has 0 radical (unpaired) electrons. The third-order valence-corrected chi connectivity index (χ3v) is 8.95. The molecule has 1 aliphatic carbocycles. The van der Waals surface area contributed by atoms with Crippen molar-refractivity contribution in [2.75, 3.05) is 32.7 Å². The summed E-state index contributed by atoms with van der Waals surface area (Å²) in [7, 11) is 0. The number of hydrogen-bond donors (Lipinski definition) is 1. The van der Waals surface area contributed by atoms with Gasteiger partial charge in [0.05, 0.1) is 6.42 Å². The number of fused-ring (bicyclic) bond motifs is 3. The number of rotatable bonds is 10. The Balaban J connectivity index is 1.10. The Labute approximate surface area is 249 Å². The van der Waals surface area contributed by atoms with Crippen molar-refractivity contribution < 1.29 is 9.59 Å². The lowest BCUT2D eigenvalue weighted by molar-refractivity contribution is -0.132. The SMILES string of the molecule is O=C(Cc1ccccc1)N1CCN(CCCCC2(C(=O)NCc3ccccc3)c3ccccc3-c3ccccc32)CC1. The summed E-state index contributed by atoms with van der Waals surface area (Å²) in [5, 5.41) is 3.30. The van der Waals surface area contributed by atoms with Crippen molar-refractivity contribution in [1.82, 2.24) is 15.1 Å². The topological polar surface area (TPSA) is 52.7 Å². The van der Waals surface area contributed by atoms with Gasteiger partial charge in [0.1, 0.15) is 5.41 Å². The number of carbonyl (C=O) groups excluding carboxylic acids is 2. The number of unbranched alkanes of at least 4 members (excludes halogenated alkanes) is 1. The van der Waals surface area contributed by atoms with Gasteiger partial charge in [-0.1, -0.05) is 116 Å². The highest BCUT2D eigenvalue weighted by atomic mass is 16.2. The molecule has 0 unspecified atom stereocenters. The zero-order valence-electron chi connectivity index (χ0n) is 24.2. The summed E-state index contributed by atoms with van der Waals surface area (Å²) in [5.74, 6) is 0.289. The number of nitrogens with zero attached hydrogens (tertiary/aromatic N) is 2. The molecule has 0 saturated carbocycles. The molecule has 42 heavy (non-hydrogen) atoms. The maximum Gasteiger partial charge on any atom is 0.235 e. The summed E-state index contributed by atoms with van der Waals surface area (Å²) >= 11 is 0. The van der Waals surface area contributed by atoms with Crippen LogP contribution in [-0.2, 0) is 28.0 Å². The van der Waals surface area contributed by atoms with Crippen LogP contribution in [0.4, 0.5) is 0 Å². The van der Waals surface area contributed by atoms with Crippen molar-refractivity contribution in [1.29, 1.82) is 0 Å². The van der Waals surface area contributed by atoms with Crippen LogP contribution in [0.3, 0.4) is 0 Å². The Kier molecular flexibility index (Phi) is 8.47. The van der Waals surface area contributed by atoms with Crippen molar-refractivity contribution in [3.05, 3.63) is 131 Å². The fourth-order valence-electron chi connectivity index (χ4n) is 6.71. The molecule has 0 atom stereocenters. The average Bonchev–Trinajstić information content (AvgIpc) is 3.34. The van der Waals surface area contributed by atoms with Crippen LogP contribution in [0.2, 0.25) is 0 Å². The molecular weight excluding hydrogens is 518 g/mol. The Morgan fingerprint density at radius 2 is 1.19 bits per heavy atom. The summed E-state index contributed by atoms with van der Waals surface area (Å²) in [5.41, 5.74) is 6.02. The van der Waals surface area contributed by atoms with Crippen LogP contribution >= 0.6 is 0 Å². The number of benzene rings is 4. The number of hydrogen-bond acceptors (Lipinski definition) is 3. The van der Waals surface area contributed by atoms with E-state index < -0.39 is 5.41 Å². The van der Waals surface area contributed by atoms with E-state index in [2.05, 4.69) is 70.9 Å². The second-order valence-corrected chi connectivity index (χ2v) is 11.5. The van der Waals surface area contributed by atoms with Crippen LogP contribution in [0.5, 0.6) is 0 Å². The zero-order chi connectivity index (χ0) is 28.8. The number of nitrogens with one attached hydrogen (secondary N) is 1. The van der Waals surface area contributed by atoms with Gasteiger partial charge in [-0.15, -0.1) is 0 Å². The maximum absolute atomic E-state index is 14.2. The van der Waals surface area contributed by atoms with E-state index in [1.54, 1.807) is 0 Å². The van der Waals surface area contributed by atoms with Gasteiger partial charge in [0.25, 0.3) is 0 Å². The first-order valence-electron chi connectivity index (χ1n) is 15.2. The van der Waals surface area contributed by atoms with Gasteiger partial charge in [-0.3, -0.25) is 14.5 Å². The lowest BCUT2D eigenvalue weighted by Crippen LogP contribution is -2.49. The Hall–Kier alpha value is -4.22. The summed E-state index contributed by atoms with van der Waals surface area (Å²) in [6.45, 7) is 4.84. The summed E-state index contributed by atoms with van der Waals surface area (Å²) in [4.78, 5) is 31.5. The van der Waals surface area contributed by atoms with E-state index in [0.717, 1.165) is 74.2 Å². The minimum absolute atomic E-state index is 0.0781. The van der Waals surface area contributed by atoms with Crippen molar-refractivity contribution in [3.8, 4) is 11.1 Å². The first kappa shape index (κ1) is 27.9. The van der Waals surface area contributed by atoms with E-state index in [1.807, 2.05) is 53.4 Å². The molecule has 4 aromatic rings. The van der Waals surface area contributed by atoms with Crippen molar-refractivity contribution in [2.24, 2.45) is 0 Å². The molecule has 0 spiro atoms. The molecule has 4 aromatic carbocycles. The third kappa shape index (κ3) is 5.75. The molecule has 1 saturated heterocycles. The monoisotopic (exact) mass is 557 g/mol. The van der Waals surface area contributed by atoms with E-state index >= 15 is 0 Å². The van der Waals surface area contributed by atoms with Crippen LogP contribution in [0.15, 0.2) is 109 Å². The second-order valence-electron chi connectivity index (χ2n) is 11.5. The molecule has 1 fully saturated rings. The van der Waals surface area contributed by atoms with Crippen molar-refractivity contribution >= 4 is 11.8 Å². The van der Waals surface area contributed by atoms with E-state index in [9.17, 15) is 9.59 Å². The molecule has 5 heteroatoms. The summed E-state index contributed by atoms with van der Waals surface area (Å²) in [6.07, 6.45) is 3.18. The van der Waals surface area contributed by atoms with Crippen molar-refractivity contribution in [3.63, 3.8) is 0 Å². The van der Waals surface area contributed by atoms with Gasteiger partial charge in [-0.25, -0.2) is 0 Å². The van der Waals surface area contributed by atoms with E-state index in [-0.39, 0.29) is 11.8 Å². The van der Waals surface area contributed by atoms with Gasteiger partial charge in [-0.05, 0) is 52.8 Å². The number of amides is 2. The zero-order valence-corrected chi connectivity index (χ0v) is 24.2. The van der Waals surface area contributed by atoms with Gasteiger partial charge in [0, 0.05) is 32.7 Å². The van der Waals surface area contributed by atoms with Gasteiger partial charge in [0.2, 0.25) is 11.8 Å². The van der Waals surface area contributed by atoms with E-state index in [4.69, 9.17) is 0 Å². The minimum atomic E-state index is -0.704. The lowest BCUT2D eigenvalue weighted by Gasteiger charge is -2.35. The van der Waals surface area contributed by atoms with Crippen LogP contribution < -0.4 is 5.32 Å². The van der Waals surface area contributed by atoms with Crippen LogP contribution in [-0.4, -0.2) is 54.3 Å². The van der Waals surface area contributed by atoms with Gasteiger partial charge in [0.15, 0.2) is 0 Å². The highest BCUT2D eigenvalue weighted by Crippen LogP contribution is 2.51. The third-order valence-electron chi connectivity index (χ3n) is 8.95. The highest BCUT2D eigenvalue weighted by Gasteiger charge is 2.48. The first-order chi connectivity index (χ1) is 20.6. The first-order valence-corrected chi connectivity index (χ1v) is 15.2. The number of carbonyl (C=O) groups is 2. The Morgan fingerprint density at radius 1 is 0.643 bits per heavy atom. The van der Waals surface area contributed by atoms with Crippen LogP contribution in [0.1, 0.15) is 41.5 Å². The quantitative estimate of drug-likeness (QED) is 0.250. The predicted octanol–water partition coefficient (Wildman–Crippen LogP) is 5.83. The summed E-state index contributed by atoms with van der Waals surface area (Å²) < 4.78 is 0.